The molecule has 1 aromatic rings. The van der Waals surface area contributed by atoms with Gasteiger partial charge in [-0.3, -0.25) is 19.8 Å². The number of nitrogens with zero attached hydrogens (tertiary/aromatic N) is 1. The topological polar surface area (TPSA) is 49.4 Å². The first-order chi connectivity index (χ1) is 9.59. The van der Waals surface area contributed by atoms with E-state index >= 15 is 0 Å². The van der Waals surface area contributed by atoms with Crippen LogP contribution in [0.5, 0.6) is 0 Å². The Hall–Kier alpha value is -2.12. The number of aryl methyl sites for hydroxylation is 1. The highest BCUT2D eigenvalue weighted by molar-refractivity contribution is 6.22. The van der Waals surface area contributed by atoms with Gasteiger partial charge in [-0.2, -0.15) is 0 Å². The van der Waals surface area contributed by atoms with Crippen molar-refractivity contribution in [2.45, 2.75) is 19.3 Å². The van der Waals surface area contributed by atoms with E-state index in [1.165, 1.54) is 0 Å². The molecule has 0 atom stereocenters. The number of rotatable bonds is 4. The van der Waals surface area contributed by atoms with Crippen molar-refractivity contribution in [3.63, 3.8) is 0 Å². The van der Waals surface area contributed by atoms with E-state index in [1.807, 2.05) is 31.1 Å². The Morgan fingerprint density at radius 2 is 1.95 bits per heavy atom. The minimum absolute atomic E-state index is 0.278. The van der Waals surface area contributed by atoms with Crippen molar-refractivity contribution in [1.82, 2.24) is 10.2 Å². The van der Waals surface area contributed by atoms with Gasteiger partial charge in [0.2, 0.25) is 0 Å². The number of hydrogen-bond acceptors (Lipinski definition) is 3. The second kappa shape index (κ2) is 6.36. The smallest absolute Gasteiger partial charge is 0.259 e. The number of carbonyl (C=O) groups is 2. The van der Waals surface area contributed by atoms with Crippen LogP contribution in [0.2, 0.25) is 0 Å². The summed E-state index contributed by atoms with van der Waals surface area (Å²) in [5, 5.41) is 2.33. The standard InChI is InChI=1S/C16H18N2O2/c1-18(2)11-6-4-3-5-8-12-9-7-10-13-14(12)16(20)17-15(13)19/h7,9-10H,3,5,8,11H2,1-2H3,(H,17,19,20). The summed E-state index contributed by atoms with van der Waals surface area (Å²) in [6, 6.07) is 5.42. The molecule has 20 heavy (non-hydrogen) atoms. The quantitative estimate of drug-likeness (QED) is 0.512. The van der Waals surface area contributed by atoms with Gasteiger partial charge in [-0.15, -0.1) is 5.92 Å². The van der Waals surface area contributed by atoms with Gasteiger partial charge in [0.15, 0.2) is 0 Å². The lowest BCUT2D eigenvalue weighted by Crippen LogP contribution is -2.20. The van der Waals surface area contributed by atoms with Crippen LogP contribution in [-0.4, -0.2) is 37.4 Å². The van der Waals surface area contributed by atoms with Crippen molar-refractivity contribution in [1.29, 1.82) is 0 Å². The van der Waals surface area contributed by atoms with Gasteiger partial charge in [0.1, 0.15) is 0 Å². The van der Waals surface area contributed by atoms with Gasteiger partial charge >= 0.3 is 0 Å². The Balaban J connectivity index is 1.96. The summed E-state index contributed by atoms with van der Waals surface area (Å²) in [6.07, 6.45) is 2.45. The fourth-order valence-electron chi connectivity index (χ4n) is 2.17. The third-order valence-corrected chi connectivity index (χ3v) is 3.12. The first kappa shape index (κ1) is 14.3. The summed E-state index contributed by atoms with van der Waals surface area (Å²) < 4.78 is 0. The summed E-state index contributed by atoms with van der Waals surface area (Å²) >= 11 is 0. The summed E-state index contributed by atoms with van der Waals surface area (Å²) in [6.45, 7) is 0.762. The summed E-state index contributed by atoms with van der Waals surface area (Å²) in [4.78, 5) is 25.3. The van der Waals surface area contributed by atoms with Crippen molar-refractivity contribution < 1.29 is 9.59 Å². The predicted octanol–water partition coefficient (Wildman–Crippen LogP) is 1.46. The van der Waals surface area contributed by atoms with Crippen LogP contribution in [0.4, 0.5) is 0 Å². The number of nitrogens with one attached hydrogen (secondary N) is 1. The van der Waals surface area contributed by atoms with Gasteiger partial charge < -0.3 is 0 Å². The predicted molar refractivity (Wildman–Crippen MR) is 77.5 cm³/mol. The lowest BCUT2D eigenvalue weighted by atomic mass is 9.98. The molecule has 0 aromatic heterocycles. The number of carbonyl (C=O) groups excluding carboxylic acids is 2. The van der Waals surface area contributed by atoms with E-state index in [-0.39, 0.29) is 11.8 Å². The highest BCUT2D eigenvalue weighted by Crippen LogP contribution is 2.21. The van der Waals surface area contributed by atoms with E-state index in [0.29, 0.717) is 11.1 Å². The zero-order valence-corrected chi connectivity index (χ0v) is 11.8. The molecule has 0 fully saturated rings. The molecule has 0 bridgehead atoms. The molecule has 1 aliphatic heterocycles. The lowest BCUT2D eigenvalue weighted by molar-refractivity contribution is 0.0879. The molecule has 2 rings (SSSR count). The van der Waals surface area contributed by atoms with Gasteiger partial charge in [0, 0.05) is 6.42 Å². The van der Waals surface area contributed by atoms with Crippen LogP contribution < -0.4 is 5.32 Å². The minimum atomic E-state index is -0.294. The maximum absolute atomic E-state index is 11.7. The van der Waals surface area contributed by atoms with Crippen LogP contribution >= 0.6 is 0 Å². The Bertz CT molecular complexity index is 594. The van der Waals surface area contributed by atoms with E-state index < -0.39 is 0 Å². The molecular weight excluding hydrogens is 252 g/mol. The number of amides is 2. The Kier molecular flexibility index (Phi) is 4.54. The number of benzene rings is 1. The summed E-state index contributed by atoms with van der Waals surface area (Å²) in [5.74, 6) is 5.63. The SMILES string of the molecule is CN(C)CC#CCCCc1cccc2c1C(=O)NC2=O. The fourth-order valence-corrected chi connectivity index (χ4v) is 2.17. The third-order valence-electron chi connectivity index (χ3n) is 3.12. The molecule has 1 aliphatic rings. The molecule has 0 aliphatic carbocycles. The van der Waals surface area contributed by atoms with Crippen molar-refractivity contribution in [3.05, 3.63) is 34.9 Å². The normalized spacial score (nSPS) is 12.9. The maximum atomic E-state index is 11.7. The van der Waals surface area contributed by atoms with Crippen LogP contribution in [-0.2, 0) is 6.42 Å². The summed E-state index contributed by atoms with van der Waals surface area (Å²) in [7, 11) is 3.97. The number of unbranched alkanes of at least 4 members (excludes halogenated alkanes) is 1. The number of imide groups is 1. The molecule has 0 unspecified atom stereocenters. The number of hydrogen-bond donors (Lipinski definition) is 1. The monoisotopic (exact) mass is 270 g/mol. The van der Waals surface area contributed by atoms with E-state index in [4.69, 9.17) is 0 Å². The van der Waals surface area contributed by atoms with Gasteiger partial charge in [0.05, 0.1) is 17.7 Å². The van der Waals surface area contributed by atoms with Crippen molar-refractivity contribution in [2.24, 2.45) is 0 Å². The van der Waals surface area contributed by atoms with Gasteiger partial charge in [0.25, 0.3) is 11.8 Å². The maximum Gasteiger partial charge on any atom is 0.259 e. The molecule has 2 amide bonds. The molecule has 4 heteroatoms. The lowest BCUT2D eigenvalue weighted by Gasteiger charge is -2.04. The highest BCUT2D eigenvalue weighted by Gasteiger charge is 2.28. The van der Waals surface area contributed by atoms with Crippen LogP contribution in [0.15, 0.2) is 18.2 Å². The molecular formula is C16H18N2O2. The molecule has 1 heterocycles. The van der Waals surface area contributed by atoms with Crippen LogP contribution in [0, 0.1) is 11.8 Å². The third kappa shape index (κ3) is 3.25. The Morgan fingerprint density at radius 3 is 2.70 bits per heavy atom. The van der Waals surface area contributed by atoms with Crippen molar-refractivity contribution in [3.8, 4) is 11.8 Å². The number of fused-ring (bicyclic) bond motifs is 1. The first-order valence-electron chi connectivity index (χ1n) is 6.67. The molecule has 0 saturated carbocycles. The molecule has 4 nitrogen and oxygen atoms in total. The average Bonchev–Trinajstić information content (AvgIpc) is 2.70. The molecule has 0 spiro atoms. The highest BCUT2D eigenvalue weighted by atomic mass is 16.2. The molecule has 1 N–H and O–H groups in total. The van der Waals surface area contributed by atoms with Gasteiger partial charge in [-0.05, 0) is 38.6 Å². The molecule has 0 saturated heterocycles. The second-order valence-electron chi connectivity index (χ2n) is 5.07. The zero-order chi connectivity index (χ0) is 14.5. The minimum Gasteiger partial charge on any atom is -0.299 e. The van der Waals surface area contributed by atoms with Crippen LogP contribution in [0.3, 0.4) is 0 Å². The van der Waals surface area contributed by atoms with E-state index in [2.05, 4.69) is 17.2 Å². The summed E-state index contributed by atoms with van der Waals surface area (Å²) in [5.41, 5.74) is 1.96. The van der Waals surface area contributed by atoms with Gasteiger partial charge in [-0.1, -0.05) is 18.1 Å². The molecule has 1 aromatic carbocycles. The molecule has 104 valence electrons. The largest absolute Gasteiger partial charge is 0.299 e. The van der Waals surface area contributed by atoms with Crippen molar-refractivity contribution in [2.75, 3.05) is 20.6 Å². The van der Waals surface area contributed by atoms with E-state index in [1.54, 1.807) is 6.07 Å². The first-order valence-corrected chi connectivity index (χ1v) is 6.67. The molecule has 0 radical (unpaired) electrons. The van der Waals surface area contributed by atoms with E-state index in [0.717, 1.165) is 31.4 Å². The van der Waals surface area contributed by atoms with E-state index in [9.17, 15) is 9.59 Å². The van der Waals surface area contributed by atoms with Crippen molar-refractivity contribution >= 4 is 11.8 Å². The van der Waals surface area contributed by atoms with Crippen LogP contribution in [0.25, 0.3) is 0 Å². The second-order valence-corrected chi connectivity index (χ2v) is 5.07. The fraction of sp³-hybridized carbons (Fsp3) is 0.375. The Morgan fingerprint density at radius 1 is 1.15 bits per heavy atom. The zero-order valence-electron chi connectivity index (χ0n) is 11.8. The van der Waals surface area contributed by atoms with Crippen LogP contribution in [0.1, 0.15) is 39.1 Å². The van der Waals surface area contributed by atoms with Gasteiger partial charge in [-0.25, -0.2) is 0 Å². The Labute approximate surface area is 119 Å². The average molecular weight is 270 g/mol.